The molecule has 0 bridgehead atoms. The molecule has 110 valence electrons. The fraction of sp³-hybridized carbons (Fsp3) is 0.133. The summed E-state index contributed by atoms with van der Waals surface area (Å²) < 4.78 is 26.4. The van der Waals surface area contributed by atoms with E-state index in [1.54, 1.807) is 36.4 Å². The van der Waals surface area contributed by atoms with Gasteiger partial charge in [-0.25, -0.2) is 8.42 Å². The first-order valence-electron chi connectivity index (χ1n) is 6.24. The molecule has 0 aliphatic carbocycles. The number of carbonyl (C=O) groups is 1. The number of hydrogen-bond donors (Lipinski definition) is 0. The van der Waals surface area contributed by atoms with E-state index in [4.69, 9.17) is 11.6 Å². The molecule has 0 spiro atoms. The van der Waals surface area contributed by atoms with E-state index < -0.39 is 21.8 Å². The van der Waals surface area contributed by atoms with Crippen LogP contribution in [0.15, 0.2) is 59.5 Å². The maximum atomic E-state index is 12.7. The van der Waals surface area contributed by atoms with Crippen LogP contribution in [0, 0.1) is 6.92 Å². The Balaban J connectivity index is 2.53. The highest BCUT2D eigenvalue weighted by atomic mass is 35.5. The number of aryl methyl sites for hydroxylation is 1. The van der Waals surface area contributed by atoms with Gasteiger partial charge < -0.3 is 0 Å². The fourth-order valence-corrected chi connectivity index (χ4v) is 3.56. The molecule has 0 unspecified atom stereocenters. The summed E-state index contributed by atoms with van der Waals surface area (Å²) in [5.74, 6) is 0. The molecule has 0 atom stereocenters. The van der Waals surface area contributed by atoms with E-state index in [0.29, 0.717) is 5.69 Å². The van der Waals surface area contributed by atoms with Crippen LogP contribution < -0.4 is 4.31 Å². The zero-order chi connectivity index (χ0) is 15.5. The Kier molecular flexibility index (Phi) is 4.65. The minimum Gasteiger partial charge on any atom is -0.279 e. The molecule has 0 amide bonds. The summed E-state index contributed by atoms with van der Waals surface area (Å²) in [6.07, 6.45) is 0. The van der Waals surface area contributed by atoms with E-state index in [2.05, 4.69) is 0 Å². The van der Waals surface area contributed by atoms with Crippen LogP contribution in [0.1, 0.15) is 5.56 Å². The third kappa shape index (κ3) is 3.62. The second kappa shape index (κ2) is 6.28. The minimum absolute atomic E-state index is 0.115. The lowest BCUT2D eigenvalue weighted by atomic mass is 10.2. The molecule has 2 aromatic rings. The van der Waals surface area contributed by atoms with Gasteiger partial charge in [0, 0.05) is 0 Å². The summed E-state index contributed by atoms with van der Waals surface area (Å²) in [6.45, 7) is 1.43. The van der Waals surface area contributed by atoms with Crippen LogP contribution in [0.2, 0.25) is 0 Å². The first-order valence-corrected chi connectivity index (χ1v) is 8.06. The van der Waals surface area contributed by atoms with E-state index in [-0.39, 0.29) is 4.90 Å². The van der Waals surface area contributed by atoms with Gasteiger partial charge in [0.2, 0.25) is 5.24 Å². The second-order valence-electron chi connectivity index (χ2n) is 4.52. The zero-order valence-electron chi connectivity index (χ0n) is 11.4. The molecule has 0 heterocycles. The fourth-order valence-electron chi connectivity index (χ4n) is 1.93. The van der Waals surface area contributed by atoms with Crippen molar-refractivity contribution in [3.05, 3.63) is 60.2 Å². The molecule has 21 heavy (non-hydrogen) atoms. The molecule has 0 radical (unpaired) electrons. The van der Waals surface area contributed by atoms with Crippen molar-refractivity contribution in [3.63, 3.8) is 0 Å². The number of benzene rings is 2. The largest absolute Gasteiger partial charge is 0.279 e. The lowest BCUT2D eigenvalue weighted by Gasteiger charge is -2.23. The van der Waals surface area contributed by atoms with Crippen molar-refractivity contribution < 1.29 is 13.2 Å². The SMILES string of the molecule is Cc1cccc(N(CC(=O)Cl)S(=O)(=O)c2ccccc2)c1. The van der Waals surface area contributed by atoms with Gasteiger partial charge in [0.05, 0.1) is 10.6 Å². The lowest BCUT2D eigenvalue weighted by molar-refractivity contribution is -0.110. The van der Waals surface area contributed by atoms with Crippen LogP contribution in [0.25, 0.3) is 0 Å². The molecule has 6 heteroatoms. The lowest BCUT2D eigenvalue weighted by Crippen LogP contribution is -2.34. The highest BCUT2D eigenvalue weighted by molar-refractivity contribution is 7.92. The van der Waals surface area contributed by atoms with Gasteiger partial charge in [-0.05, 0) is 48.4 Å². The number of rotatable bonds is 5. The summed E-state index contributed by atoms with van der Waals surface area (Å²) in [4.78, 5) is 11.4. The monoisotopic (exact) mass is 323 g/mol. The standard InChI is InChI=1S/C15H14ClNO3S/c1-12-6-5-7-13(10-12)17(11-15(16)18)21(19,20)14-8-3-2-4-9-14/h2-10H,11H2,1H3. The molecule has 2 rings (SSSR count). The molecule has 0 saturated carbocycles. The van der Waals surface area contributed by atoms with Crippen molar-refractivity contribution in [1.82, 2.24) is 0 Å². The maximum Gasteiger partial charge on any atom is 0.264 e. The van der Waals surface area contributed by atoms with Crippen molar-refractivity contribution in [2.45, 2.75) is 11.8 Å². The van der Waals surface area contributed by atoms with Crippen LogP contribution >= 0.6 is 11.6 Å². The Labute approximate surface area is 129 Å². The first-order chi connectivity index (χ1) is 9.91. The number of halogens is 1. The van der Waals surface area contributed by atoms with Crippen molar-refractivity contribution in [3.8, 4) is 0 Å². The van der Waals surface area contributed by atoms with E-state index in [9.17, 15) is 13.2 Å². The van der Waals surface area contributed by atoms with Gasteiger partial charge >= 0.3 is 0 Å². The predicted molar refractivity (Wildman–Crippen MR) is 83.0 cm³/mol. The van der Waals surface area contributed by atoms with Crippen LogP contribution in [-0.2, 0) is 14.8 Å². The molecule has 0 N–H and O–H groups in total. The predicted octanol–water partition coefficient (Wildman–Crippen LogP) is 2.96. The average Bonchev–Trinajstić information content (AvgIpc) is 2.45. The van der Waals surface area contributed by atoms with Crippen LogP contribution in [0.4, 0.5) is 5.69 Å². The number of nitrogens with zero attached hydrogens (tertiary/aromatic N) is 1. The number of carbonyl (C=O) groups excluding carboxylic acids is 1. The van der Waals surface area contributed by atoms with Crippen LogP contribution in [0.5, 0.6) is 0 Å². The smallest absolute Gasteiger partial charge is 0.264 e. The first kappa shape index (κ1) is 15.5. The number of anilines is 1. The molecule has 0 aliphatic rings. The Morgan fingerprint density at radius 3 is 2.33 bits per heavy atom. The quantitative estimate of drug-likeness (QED) is 0.795. The van der Waals surface area contributed by atoms with Gasteiger partial charge in [-0.3, -0.25) is 9.10 Å². The number of hydrogen-bond acceptors (Lipinski definition) is 3. The van der Waals surface area contributed by atoms with Crippen molar-refractivity contribution >= 4 is 32.6 Å². The highest BCUT2D eigenvalue weighted by Gasteiger charge is 2.26. The topological polar surface area (TPSA) is 54.5 Å². The van der Waals surface area contributed by atoms with Gasteiger partial charge in [-0.2, -0.15) is 0 Å². The molecular weight excluding hydrogens is 310 g/mol. The highest BCUT2D eigenvalue weighted by Crippen LogP contribution is 2.24. The van der Waals surface area contributed by atoms with Crippen molar-refractivity contribution in [1.29, 1.82) is 0 Å². The molecule has 0 saturated heterocycles. The summed E-state index contributed by atoms with van der Waals surface area (Å²) in [7, 11) is -3.84. The van der Waals surface area contributed by atoms with Crippen LogP contribution in [-0.4, -0.2) is 20.2 Å². The van der Waals surface area contributed by atoms with Crippen molar-refractivity contribution in [2.75, 3.05) is 10.8 Å². The van der Waals surface area contributed by atoms with Gasteiger partial charge in [0.25, 0.3) is 10.0 Å². The minimum atomic E-state index is -3.84. The Morgan fingerprint density at radius 1 is 1.10 bits per heavy atom. The molecule has 0 aromatic heterocycles. The summed E-state index contributed by atoms with van der Waals surface area (Å²) in [5, 5.41) is -0.740. The zero-order valence-corrected chi connectivity index (χ0v) is 12.9. The Bertz CT molecular complexity index is 745. The van der Waals surface area contributed by atoms with Gasteiger partial charge in [0.1, 0.15) is 6.54 Å². The normalized spacial score (nSPS) is 11.1. The third-order valence-electron chi connectivity index (χ3n) is 2.89. The van der Waals surface area contributed by atoms with Gasteiger partial charge in [-0.15, -0.1) is 0 Å². The van der Waals surface area contributed by atoms with Gasteiger partial charge in [0.15, 0.2) is 0 Å². The average molecular weight is 324 g/mol. The summed E-state index contributed by atoms with van der Waals surface area (Å²) in [6, 6.07) is 14.9. The third-order valence-corrected chi connectivity index (χ3v) is 4.80. The van der Waals surface area contributed by atoms with Crippen LogP contribution in [0.3, 0.4) is 0 Å². The molecule has 0 aliphatic heterocycles. The molecular formula is C15H14ClNO3S. The van der Waals surface area contributed by atoms with E-state index >= 15 is 0 Å². The maximum absolute atomic E-state index is 12.7. The Hall–Kier alpha value is -1.85. The van der Waals surface area contributed by atoms with E-state index in [1.807, 2.05) is 13.0 Å². The van der Waals surface area contributed by atoms with Gasteiger partial charge in [-0.1, -0.05) is 30.3 Å². The summed E-state index contributed by atoms with van der Waals surface area (Å²) in [5.41, 5.74) is 1.30. The van der Waals surface area contributed by atoms with E-state index in [0.717, 1.165) is 9.87 Å². The molecule has 4 nitrogen and oxygen atoms in total. The Morgan fingerprint density at radius 2 is 1.76 bits per heavy atom. The van der Waals surface area contributed by atoms with Crippen molar-refractivity contribution in [2.24, 2.45) is 0 Å². The number of sulfonamides is 1. The molecule has 0 fully saturated rings. The summed E-state index contributed by atoms with van der Waals surface area (Å²) >= 11 is 5.41. The second-order valence-corrected chi connectivity index (χ2v) is 6.80. The molecule has 2 aromatic carbocycles. The van der Waals surface area contributed by atoms with E-state index in [1.165, 1.54) is 12.1 Å².